The lowest BCUT2D eigenvalue weighted by molar-refractivity contribution is -0.143. The summed E-state index contributed by atoms with van der Waals surface area (Å²) in [6.07, 6.45) is 1.32. The fourth-order valence-electron chi connectivity index (χ4n) is 5.83. The van der Waals surface area contributed by atoms with Crippen LogP contribution in [0.3, 0.4) is 0 Å². The van der Waals surface area contributed by atoms with Crippen LogP contribution in [0.25, 0.3) is 0 Å². The van der Waals surface area contributed by atoms with Gasteiger partial charge in [0.25, 0.3) is 0 Å². The molecular formula is C33H43N3O3. The van der Waals surface area contributed by atoms with Gasteiger partial charge in [-0.3, -0.25) is 9.69 Å². The molecule has 39 heavy (non-hydrogen) atoms. The molecule has 6 heteroatoms. The summed E-state index contributed by atoms with van der Waals surface area (Å²) in [5.74, 6) is 1.11. The summed E-state index contributed by atoms with van der Waals surface area (Å²) in [7, 11) is 3.59. The summed E-state index contributed by atoms with van der Waals surface area (Å²) in [6.45, 7) is 11.5. The number of ether oxygens (including phenoxy) is 2. The van der Waals surface area contributed by atoms with Gasteiger partial charge in [-0.05, 0) is 90.3 Å². The SMILES string of the molecule is CCOC(=O)CC(c1ccc(C)c(CN2Cc3ccc(OC)cc3CC(C)C2)c1)c1ccc(NC)c(N)c1C. The molecule has 6 nitrogen and oxygen atoms in total. The van der Waals surface area contributed by atoms with Crippen molar-refractivity contribution in [3.8, 4) is 5.75 Å². The fraction of sp³-hybridized carbons (Fsp3) is 0.424. The Kier molecular flexibility index (Phi) is 9.18. The average molecular weight is 530 g/mol. The molecule has 4 rings (SSSR count). The maximum atomic E-state index is 12.7. The van der Waals surface area contributed by atoms with Gasteiger partial charge in [0.1, 0.15) is 5.75 Å². The van der Waals surface area contributed by atoms with Gasteiger partial charge in [-0.2, -0.15) is 0 Å². The third-order valence-electron chi connectivity index (χ3n) is 7.99. The molecule has 1 aliphatic heterocycles. The first kappa shape index (κ1) is 28.5. The molecule has 0 aliphatic carbocycles. The van der Waals surface area contributed by atoms with E-state index in [1.807, 2.05) is 27.0 Å². The largest absolute Gasteiger partial charge is 0.497 e. The molecule has 0 fully saturated rings. The summed E-state index contributed by atoms with van der Waals surface area (Å²) in [5.41, 5.74) is 16.5. The number of esters is 1. The van der Waals surface area contributed by atoms with Gasteiger partial charge in [-0.1, -0.05) is 37.3 Å². The zero-order valence-electron chi connectivity index (χ0n) is 24.3. The Bertz CT molecular complexity index is 1320. The van der Waals surface area contributed by atoms with Crippen molar-refractivity contribution in [3.05, 3.63) is 87.5 Å². The van der Waals surface area contributed by atoms with Crippen molar-refractivity contribution >= 4 is 17.3 Å². The van der Waals surface area contributed by atoms with E-state index in [4.69, 9.17) is 15.2 Å². The van der Waals surface area contributed by atoms with Gasteiger partial charge in [-0.25, -0.2) is 0 Å². The lowest BCUT2D eigenvalue weighted by atomic mass is 9.84. The molecule has 2 atom stereocenters. The van der Waals surface area contributed by atoms with Crippen LogP contribution in [-0.2, 0) is 29.0 Å². The van der Waals surface area contributed by atoms with Crippen LogP contribution in [0.1, 0.15) is 65.1 Å². The monoisotopic (exact) mass is 529 g/mol. The smallest absolute Gasteiger partial charge is 0.306 e. The number of carbonyl (C=O) groups excluding carboxylic acids is 1. The molecule has 0 amide bonds. The number of aryl methyl sites for hydroxylation is 1. The summed E-state index contributed by atoms with van der Waals surface area (Å²) in [5, 5.41) is 3.16. The third-order valence-corrected chi connectivity index (χ3v) is 7.99. The van der Waals surface area contributed by atoms with E-state index in [-0.39, 0.29) is 18.3 Å². The van der Waals surface area contributed by atoms with Gasteiger partial charge < -0.3 is 20.5 Å². The van der Waals surface area contributed by atoms with Crippen LogP contribution in [0, 0.1) is 19.8 Å². The van der Waals surface area contributed by atoms with Crippen molar-refractivity contribution < 1.29 is 14.3 Å². The van der Waals surface area contributed by atoms with Crippen molar-refractivity contribution in [2.24, 2.45) is 5.92 Å². The molecule has 1 heterocycles. The lowest BCUT2D eigenvalue weighted by Crippen LogP contribution is -2.26. The normalized spacial score (nSPS) is 16.2. The molecular weight excluding hydrogens is 486 g/mol. The second-order valence-corrected chi connectivity index (χ2v) is 10.9. The van der Waals surface area contributed by atoms with Crippen LogP contribution in [0.5, 0.6) is 5.75 Å². The first-order valence-corrected chi connectivity index (χ1v) is 13.9. The molecule has 1 aliphatic rings. The first-order chi connectivity index (χ1) is 18.7. The highest BCUT2D eigenvalue weighted by atomic mass is 16.5. The van der Waals surface area contributed by atoms with Crippen LogP contribution in [0.2, 0.25) is 0 Å². The molecule has 0 aromatic heterocycles. The van der Waals surface area contributed by atoms with E-state index in [1.165, 1.54) is 22.3 Å². The van der Waals surface area contributed by atoms with Crippen LogP contribution < -0.4 is 15.8 Å². The number of carbonyl (C=O) groups is 1. The Morgan fingerprint density at radius 3 is 2.64 bits per heavy atom. The topological polar surface area (TPSA) is 76.8 Å². The number of nitrogens with zero attached hydrogens (tertiary/aromatic N) is 1. The Hall–Kier alpha value is -3.51. The van der Waals surface area contributed by atoms with Gasteiger partial charge in [0.2, 0.25) is 0 Å². The number of rotatable bonds is 9. The second kappa shape index (κ2) is 12.6. The van der Waals surface area contributed by atoms with Gasteiger partial charge in [0.05, 0.1) is 31.5 Å². The minimum absolute atomic E-state index is 0.146. The van der Waals surface area contributed by atoms with Crippen molar-refractivity contribution in [1.82, 2.24) is 4.90 Å². The van der Waals surface area contributed by atoms with E-state index in [0.717, 1.165) is 54.2 Å². The van der Waals surface area contributed by atoms with E-state index >= 15 is 0 Å². The zero-order valence-corrected chi connectivity index (χ0v) is 24.3. The Morgan fingerprint density at radius 1 is 1.13 bits per heavy atom. The minimum atomic E-state index is -0.200. The van der Waals surface area contributed by atoms with E-state index in [2.05, 4.69) is 66.5 Å². The van der Waals surface area contributed by atoms with Gasteiger partial charge >= 0.3 is 5.97 Å². The maximum Gasteiger partial charge on any atom is 0.306 e. The maximum absolute atomic E-state index is 12.7. The van der Waals surface area contributed by atoms with Crippen molar-refractivity contribution in [1.29, 1.82) is 0 Å². The zero-order chi connectivity index (χ0) is 28.1. The summed E-state index contributed by atoms with van der Waals surface area (Å²) in [6, 6.07) is 17.2. The highest BCUT2D eigenvalue weighted by molar-refractivity contribution is 5.75. The molecule has 0 bridgehead atoms. The van der Waals surface area contributed by atoms with Crippen LogP contribution in [-0.4, -0.2) is 38.2 Å². The number of hydrogen-bond acceptors (Lipinski definition) is 6. The Balaban J connectivity index is 1.67. The predicted molar refractivity (Wildman–Crippen MR) is 159 cm³/mol. The number of benzene rings is 3. The first-order valence-electron chi connectivity index (χ1n) is 13.9. The van der Waals surface area contributed by atoms with Gasteiger partial charge in [-0.15, -0.1) is 0 Å². The number of methoxy groups -OCH3 is 1. The van der Waals surface area contributed by atoms with Crippen molar-refractivity contribution in [2.75, 3.05) is 38.4 Å². The number of nitrogens with one attached hydrogen (secondary N) is 1. The van der Waals surface area contributed by atoms with Crippen molar-refractivity contribution in [2.45, 2.75) is 59.5 Å². The average Bonchev–Trinajstić information content (AvgIpc) is 3.07. The van der Waals surface area contributed by atoms with Gasteiger partial charge in [0.15, 0.2) is 0 Å². The van der Waals surface area contributed by atoms with Crippen molar-refractivity contribution in [3.63, 3.8) is 0 Å². The van der Waals surface area contributed by atoms with E-state index in [1.54, 1.807) is 7.11 Å². The number of anilines is 2. The number of fused-ring (bicyclic) bond motifs is 1. The van der Waals surface area contributed by atoms with E-state index in [9.17, 15) is 4.79 Å². The quantitative estimate of drug-likeness (QED) is 0.253. The molecule has 3 aromatic carbocycles. The molecule has 2 unspecified atom stereocenters. The van der Waals surface area contributed by atoms with Gasteiger partial charge in [0, 0.05) is 32.6 Å². The Morgan fingerprint density at radius 2 is 1.92 bits per heavy atom. The number of hydrogen-bond donors (Lipinski definition) is 2. The standard InChI is InChI=1S/C33H43N3O3/c1-7-39-32(37)17-30(29-12-13-31(35-5)33(34)23(29)4)24-9-8-22(3)27(15-24)20-36-18-21(2)14-26-16-28(38-6)11-10-25(26)19-36/h8-13,15-16,21,30,35H,7,14,17-20,34H2,1-6H3. The molecule has 0 saturated heterocycles. The molecule has 0 saturated carbocycles. The lowest BCUT2D eigenvalue weighted by Gasteiger charge is -2.26. The number of nitrogen functional groups attached to an aromatic ring is 1. The molecule has 0 spiro atoms. The molecule has 3 N–H and O–H groups in total. The fourth-order valence-corrected chi connectivity index (χ4v) is 5.83. The van der Waals surface area contributed by atoms with Crippen LogP contribution in [0.4, 0.5) is 11.4 Å². The molecule has 3 aromatic rings. The number of nitrogens with two attached hydrogens (primary N) is 1. The van der Waals surface area contributed by atoms with E-state index in [0.29, 0.717) is 18.2 Å². The molecule has 0 radical (unpaired) electrons. The highest BCUT2D eigenvalue weighted by Crippen LogP contribution is 2.37. The third kappa shape index (κ3) is 6.56. The Labute approximate surface area is 233 Å². The van der Waals surface area contributed by atoms with Crippen LogP contribution in [0.15, 0.2) is 48.5 Å². The van der Waals surface area contributed by atoms with E-state index < -0.39 is 0 Å². The highest BCUT2D eigenvalue weighted by Gasteiger charge is 2.25. The minimum Gasteiger partial charge on any atom is -0.497 e. The summed E-state index contributed by atoms with van der Waals surface area (Å²) < 4.78 is 10.9. The second-order valence-electron chi connectivity index (χ2n) is 10.9. The summed E-state index contributed by atoms with van der Waals surface area (Å²) >= 11 is 0. The van der Waals surface area contributed by atoms with Crippen LogP contribution >= 0.6 is 0 Å². The molecule has 208 valence electrons. The summed E-state index contributed by atoms with van der Waals surface area (Å²) in [4.78, 5) is 15.3. The predicted octanol–water partition coefficient (Wildman–Crippen LogP) is 6.22.